The molecule has 7 heteroatoms. The highest BCUT2D eigenvalue weighted by molar-refractivity contribution is 7.80. The van der Waals surface area contributed by atoms with Crippen molar-refractivity contribution in [2.45, 2.75) is 6.92 Å². The summed E-state index contributed by atoms with van der Waals surface area (Å²) in [4.78, 5) is 26.4. The summed E-state index contributed by atoms with van der Waals surface area (Å²) in [6, 6.07) is 6.52. The van der Waals surface area contributed by atoms with E-state index < -0.39 is 0 Å². The van der Waals surface area contributed by atoms with Crippen LogP contribution in [0, 0.1) is 4.91 Å². The Hall–Kier alpha value is -2.02. The molecule has 1 aromatic carbocycles. The van der Waals surface area contributed by atoms with E-state index in [0.717, 1.165) is 0 Å². The molecule has 1 aliphatic rings. The van der Waals surface area contributed by atoms with E-state index >= 15 is 0 Å². The molecule has 1 fully saturated rings. The molecule has 0 aliphatic carbocycles. The number of hydrogen-bond donors (Lipinski definition) is 1. The number of carbonyl (C=O) groups excluding carboxylic acids is 1. The maximum Gasteiger partial charge on any atom is 0.317 e. The zero-order chi connectivity index (χ0) is 14.7. The molecule has 0 saturated carbocycles. The van der Waals surface area contributed by atoms with Gasteiger partial charge >= 0.3 is 5.69 Å². The number of carbonyl (C=O) groups is 1. The van der Waals surface area contributed by atoms with Crippen LogP contribution in [-0.4, -0.2) is 57.0 Å². The molecule has 0 bridgehead atoms. The van der Waals surface area contributed by atoms with Crippen molar-refractivity contribution in [3.05, 3.63) is 34.7 Å². The average molecular weight is 294 g/mol. The average Bonchev–Trinajstić information content (AvgIpc) is 2.46. The number of nitrogens with zero attached hydrogens (tertiary/aromatic N) is 3. The first-order valence-electron chi connectivity index (χ1n) is 6.30. The van der Waals surface area contributed by atoms with E-state index in [9.17, 15) is 9.70 Å². The van der Waals surface area contributed by atoms with Crippen LogP contribution in [0.3, 0.4) is 0 Å². The molecule has 1 aromatic rings. The largest absolute Gasteiger partial charge is 0.359 e. The first kappa shape index (κ1) is 14.4. The lowest BCUT2D eigenvalue weighted by Gasteiger charge is -2.35. The third-order valence-electron chi connectivity index (χ3n) is 3.33. The Labute approximate surface area is 122 Å². The molecular weight excluding hydrogens is 278 g/mol. The summed E-state index contributed by atoms with van der Waals surface area (Å²) >= 11 is 5.41. The number of amides is 1. The Kier molecular flexibility index (Phi) is 4.29. The van der Waals surface area contributed by atoms with Crippen LogP contribution in [0.25, 0.3) is 0 Å². The second-order valence-electron chi connectivity index (χ2n) is 4.62. The molecule has 1 N–H and O–H groups in total. The van der Waals surface area contributed by atoms with Gasteiger partial charge in [-0.1, -0.05) is 24.4 Å². The summed E-state index contributed by atoms with van der Waals surface area (Å²) in [6.45, 7) is 4.18. The minimum atomic E-state index is -0.181. The highest BCUT2D eigenvalue weighted by Gasteiger charge is 2.22. The molecule has 1 amide bonds. The van der Waals surface area contributed by atoms with Crippen LogP contribution < -0.4 is 0 Å². The van der Waals surface area contributed by atoms with E-state index in [0.29, 0.717) is 36.7 Å². The summed E-state index contributed by atoms with van der Waals surface area (Å²) in [5.41, 5.74) is 0.857. The number of rotatable bonds is 2. The number of thiocarbonyl (C=S) groups is 1. The fourth-order valence-electron chi connectivity index (χ4n) is 2.16. The van der Waals surface area contributed by atoms with Gasteiger partial charge in [0, 0.05) is 50.8 Å². The zero-order valence-electron chi connectivity index (χ0n) is 11.2. The van der Waals surface area contributed by atoms with Gasteiger partial charge in [-0.05, 0) is 0 Å². The molecule has 1 aliphatic heterocycles. The van der Waals surface area contributed by atoms with Crippen LogP contribution in [0.2, 0.25) is 0 Å². The smallest absolute Gasteiger partial charge is 0.317 e. The van der Waals surface area contributed by atoms with Gasteiger partial charge in [-0.2, -0.15) is 0 Å². The van der Waals surface area contributed by atoms with Crippen LogP contribution in [0.5, 0.6) is 0 Å². The summed E-state index contributed by atoms with van der Waals surface area (Å²) in [7, 11) is 0. The van der Waals surface area contributed by atoms with Gasteiger partial charge in [-0.3, -0.25) is 4.79 Å². The topological polar surface area (TPSA) is 63.9 Å². The summed E-state index contributed by atoms with van der Waals surface area (Å²) in [5.74, 6) is 0.0693. The third-order valence-corrected chi connectivity index (χ3v) is 3.82. The van der Waals surface area contributed by atoms with Crippen LogP contribution >= 0.6 is 12.2 Å². The second-order valence-corrected chi connectivity index (χ2v) is 5.01. The Morgan fingerprint density at radius 3 is 2.40 bits per heavy atom. The number of piperazine rings is 1. The van der Waals surface area contributed by atoms with E-state index in [2.05, 4.69) is 0 Å². The maximum absolute atomic E-state index is 11.3. The highest BCUT2D eigenvalue weighted by atomic mass is 32.1. The fraction of sp³-hybridized carbons (Fsp3) is 0.385. The molecule has 20 heavy (non-hydrogen) atoms. The summed E-state index contributed by atoms with van der Waals surface area (Å²) < 4.78 is 0. The van der Waals surface area contributed by atoms with Gasteiger partial charge in [0.25, 0.3) is 4.92 Å². The van der Waals surface area contributed by atoms with E-state index in [1.165, 1.54) is 6.07 Å². The van der Waals surface area contributed by atoms with E-state index in [-0.39, 0.29) is 16.5 Å². The van der Waals surface area contributed by atoms with E-state index in [1.807, 2.05) is 4.90 Å². The fourth-order valence-corrected chi connectivity index (χ4v) is 2.47. The van der Waals surface area contributed by atoms with Gasteiger partial charge in [0.15, 0.2) is 0 Å². The lowest BCUT2D eigenvalue weighted by molar-refractivity contribution is -0.729. The van der Waals surface area contributed by atoms with Crippen molar-refractivity contribution in [1.82, 2.24) is 9.80 Å². The van der Waals surface area contributed by atoms with Crippen LogP contribution in [0.4, 0.5) is 5.69 Å². The third kappa shape index (κ3) is 3.11. The monoisotopic (exact) mass is 294 g/mol. The Morgan fingerprint density at radius 2 is 1.85 bits per heavy atom. The summed E-state index contributed by atoms with van der Waals surface area (Å²) in [6.07, 6.45) is 0. The minimum Gasteiger partial charge on any atom is -0.359 e. The Balaban J connectivity index is 2.07. The molecule has 1 heterocycles. The molecule has 6 nitrogen and oxygen atoms in total. The lowest BCUT2D eigenvalue weighted by Crippen LogP contribution is -2.49. The standard InChI is InChI=1S/C13H16N3O3S/c1-10(17)14-5-7-15(8-6-14)13(20)11-3-2-4-12(9-11)16(18)19/h2-4,9H,5-8H2,1H3,(H,18,19)/q+1. The van der Waals surface area contributed by atoms with Crippen molar-refractivity contribution in [1.29, 1.82) is 0 Å². The molecular formula is C13H16N3O3S+. The van der Waals surface area contributed by atoms with Gasteiger partial charge in [0.1, 0.15) is 4.99 Å². The molecule has 0 atom stereocenters. The van der Waals surface area contributed by atoms with Gasteiger partial charge in [0.2, 0.25) is 5.91 Å². The predicted octanol–water partition coefficient (Wildman–Crippen LogP) is 1.33. The maximum atomic E-state index is 11.3. The molecule has 0 spiro atoms. The van der Waals surface area contributed by atoms with Crippen LogP contribution in [0.1, 0.15) is 12.5 Å². The molecule has 0 aromatic heterocycles. The van der Waals surface area contributed by atoms with Crippen molar-refractivity contribution in [3.8, 4) is 0 Å². The van der Waals surface area contributed by atoms with Crippen molar-refractivity contribution in [2.24, 2.45) is 0 Å². The van der Waals surface area contributed by atoms with E-state index in [1.54, 1.807) is 30.0 Å². The highest BCUT2D eigenvalue weighted by Crippen LogP contribution is 2.16. The Morgan fingerprint density at radius 1 is 1.25 bits per heavy atom. The summed E-state index contributed by atoms with van der Waals surface area (Å²) in [5, 5.41) is 8.91. The Bertz CT molecular complexity index is 554. The van der Waals surface area contributed by atoms with Gasteiger partial charge in [0.05, 0.1) is 4.91 Å². The quantitative estimate of drug-likeness (QED) is 0.658. The molecule has 0 unspecified atom stereocenters. The first-order valence-corrected chi connectivity index (χ1v) is 6.71. The predicted molar refractivity (Wildman–Crippen MR) is 77.0 cm³/mol. The number of benzene rings is 1. The van der Waals surface area contributed by atoms with Crippen molar-refractivity contribution >= 4 is 28.8 Å². The first-order chi connectivity index (χ1) is 9.49. The number of hydrogen-bond acceptors (Lipinski definition) is 3. The normalized spacial score (nSPS) is 15.1. The van der Waals surface area contributed by atoms with Crippen LogP contribution in [0.15, 0.2) is 24.3 Å². The lowest BCUT2D eigenvalue weighted by atomic mass is 10.1. The molecule has 106 valence electrons. The van der Waals surface area contributed by atoms with Gasteiger partial charge in [-0.25, -0.2) is 5.21 Å². The van der Waals surface area contributed by atoms with Crippen molar-refractivity contribution < 1.29 is 14.9 Å². The van der Waals surface area contributed by atoms with Gasteiger partial charge in [-0.15, -0.1) is 0 Å². The minimum absolute atomic E-state index is 0.0693. The van der Waals surface area contributed by atoms with Crippen molar-refractivity contribution in [3.63, 3.8) is 0 Å². The SMILES string of the molecule is CC(=O)N1CCN(C(=S)c2cccc([N+](=O)O)c2)CC1. The van der Waals surface area contributed by atoms with Gasteiger partial charge < -0.3 is 9.80 Å². The van der Waals surface area contributed by atoms with E-state index in [4.69, 9.17) is 17.4 Å². The van der Waals surface area contributed by atoms with Crippen molar-refractivity contribution in [2.75, 3.05) is 26.2 Å². The second kappa shape index (κ2) is 5.96. The molecule has 0 radical (unpaired) electrons. The van der Waals surface area contributed by atoms with Crippen LogP contribution in [-0.2, 0) is 4.79 Å². The molecule has 2 rings (SSSR count). The zero-order valence-corrected chi connectivity index (χ0v) is 12.0. The molecule has 1 saturated heterocycles.